The molecule has 0 aromatic heterocycles. The molecule has 1 aromatic rings. The number of thiocarbonyl (C=S) groups is 1. The van der Waals surface area contributed by atoms with Gasteiger partial charge in [0.1, 0.15) is 0 Å². The summed E-state index contributed by atoms with van der Waals surface area (Å²) < 4.78 is 0.754. The van der Waals surface area contributed by atoms with Gasteiger partial charge in [0.25, 0.3) is 5.91 Å². The normalized spacial score (nSPS) is 21.4. The first-order chi connectivity index (χ1) is 10.1. The number of hydrogen-bond acceptors (Lipinski definition) is 2. The molecule has 0 unspecified atom stereocenters. The van der Waals surface area contributed by atoms with Crippen molar-refractivity contribution in [2.45, 2.75) is 38.6 Å². The Bertz CT molecular complexity index is 523. The lowest BCUT2D eigenvalue weighted by Crippen LogP contribution is -2.51. The van der Waals surface area contributed by atoms with E-state index in [4.69, 9.17) is 12.2 Å². The average molecular weight is 370 g/mol. The van der Waals surface area contributed by atoms with Crippen LogP contribution >= 0.6 is 28.1 Å². The molecule has 0 radical (unpaired) electrons. The van der Waals surface area contributed by atoms with Crippen LogP contribution in [0.5, 0.6) is 0 Å². The van der Waals surface area contributed by atoms with Gasteiger partial charge in [0, 0.05) is 10.5 Å². The molecule has 1 saturated carbocycles. The van der Waals surface area contributed by atoms with Crippen LogP contribution in [0.3, 0.4) is 0 Å². The molecule has 2 atom stereocenters. The first kappa shape index (κ1) is 16.2. The van der Waals surface area contributed by atoms with Gasteiger partial charge in [0.2, 0.25) is 0 Å². The predicted molar refractivity (Wildman–Crippen MR) is 91.9 cm³/mol. The van der Waals surface area contributed by atoms with E-state index in [2.05, 4.69) is 39.0 Å². The van der Waals surface area contributed by atoms with Crippen molar-refractivity contribution in [1.82, 2.24) is 16.2 Å². The summed E-state index contributed by atoms with van der Waals surface area (Å²) >= 11 is 8.59. The van der Waals surface area contributed by atoms with E-state index in [0.29, 0.717) is 22.6 Å². The number of carbonyl (C=O) groups excluding carboxylic acids is 1. The maximum atomic E-state index is 12.0. The minimum atomic E-state index is -0.219. The van der Waals surface area contributed by atoms with E-state index >= 15 is 0 Å². The molecule has 1 amide bonds. The van der Waals surface area contributed by atoms with E-state index in [1.54, 1.807) is 6.07 Å². The summed E-state index contributed by atoms with van der Waals surface area (Å²) in [5, 5.41) is 3.75. The second kappa shape index (κ2) is 7.75. The fraction of sp³-hybridized carbons (Fsp3) is 0.467. The van der Waals surface area contributed by atoms with Crippen LogP contribution < -0.4 is 16.2 Å². The lowest BCUT2D eigenvalue weighted by Gasteiger charge is -2.30. The topological polar surface area (TPSA) is 53.2 Å². The lowest BCUT2D eigenvalue weighted by atomic mass is 9.86. The highest BCUT2D eigenvalue weighted by Crippen LogP contribution is 2.23. The smallest absolute Gasteiger partial charge is 0.270 e. The van der Waals surface area contributed by atoms with Crippen LogP contribution in [-0.2, 0) is 0 Å². The summed E-state index contributed by atoms with van der Waals surface area (Å²) in [4.78, 5) is 12.0. The van der Waals surface area contributed by atoms with E-state index in [9.17, 15) is 4.79 Å². The number of hydrazine groups is 1. The molecule has 0 saturated heterocycles. The molecule has 0 spiro atoms. The second-order valence-electron chi connectivity index (χ2n) is 5.40. The van der Waals surface area contributed by atoms with Gasteiger partial charge in [-0.25, -0.2) is 0 Å². The summed E-state index contributed by atoms with van der Waals surface area (Å²) in [5.41, 5.74) is 5.97. The van der Waals surface area contributed by atoms with Gasteiger partial charge in [-0.05, 0) is 59.0 Å². The van der Waals surface area contributed by atoms with Crippen LogP contribution in [0.4, 0.5) is 0 Å². The largest absolute Gasteiger partial charge is 0.358 e. The van der Waals surface area contributed by atoms with Crippen LogP contribution in [0.15, 0.2) is 28.7 Å². The van der Waals surface area contributed by atoms with Crippen LogP contribution in [0.1, 0.15) is 43.0 Å². The number of amides is 1. The van der Waals surface area contributed by atoms with Gasteiger partial charge in [0.15, 0.2) is 5.11 Å². The molecule has 6 heteroatoms. The fourth-order valence-electron chi connectivity index (χ4n) is 2.56. The van der Waals surface area contributed by atoms with Crippen LogP contribution in [-0.4, -0.2) is 17.1 Å². The molecular weight excluding hydrogens is 350 g/mol. The van der Waals surface area contributed by atoms with E-state index in [1.807, 2.05) is 18.2 Å². The van der Waals surface area contributed by atoms with Crippen molar-refractivity contribution in [2.24, 2.45) is 5.92 Å². The Morgan fingerprint density at radius 3 is 2.67 bits per heavy atom. The number of carbonyl (C=O) groups is 1. The van der Waals surface area contributed by atoms with Crippen molar-refractivity contribution in [1.29, 1.82) is 0 Å². The zero-order valence-corrected chi connectivity index (χ0v) is 14.4. The molecule has 1 aromatic carbocycles. The molecule has 1 aliphatic rings. The number of halogens is 1. The number of rotatable bonds is 2. The highest BCUT2D eigenvalue weighted by Gasteiger charge is 2.21. The fourth-order valence-corrected chi connectivity index (χ4v) is 3.23. The van der Waals surface area contributed by atoms with Crippen molar-refractivity contribution in [3.63, 3.8) is 0 Å². The third-order valence-electron chi connectivity index (χ3n) is 3.84. The quantitative estimate of drug-likeness (QED) is 0.553. The lowest BCUT2D eigenvalue weighted by molar-refractivity contribution is 0.0942. The highest BCUT2D eigenvalue weighted by atomic mass is 79.9. The van der Waals surface area contributed by atoms with Gasteiger partial charge in [-0.3, -0.25) is 15.6 Å². The Labute approximate surface area is 139 Å². The van der Waals surface area contributed by atoms with Crippen LogP contribution in [0.25, 0.3) is 0 Å². The number of hydrogen-bond donors (Lipinski definition) is 3. The molecule has 1 fully saturated rings. The Morgan fingerprint density at radius 2 is 1.95 bits per heavy atom. The Morgan fingerprint density at radius 1 is 1.24 bits per heavy atom. The first-order valence-electron chi connectivity index (χ1n) is 7.19. The van der Waals surface area contributed by atoms with Crippen molar-refractivity contribution in [3.05, 3.63) is 34.3 Å². The molecule has 0 aliphatic heterocycles. The Balaban J connectivity index is 1.81. The zero-order valence-electron chi connectivity index (χ0n) is 12.0. The second-order valence-corrected chi connectivity index (χ2v) is 6.66. The van der Waals surface area contributed by atoms with Gasteiger partial charge in [-0.15, -0.1) is 0 Å². The molecule has 114 valence electrons. The first-order valence-corrected chi connectivity index (χ1v) is 8.39. The van der Waals surface area contributed by atoms with Gasteiger partial charge in [0.05, 0.1) is 5.56 Å². The van der Waals surface area contributed by atoms with E-state index in [0.717, 1.165) is 10.9 Å². The van der Waals surface area contributed by atoms with E-state index < -0.39 is 0 Å². The van der Waals surface area contributed by atoms with E-state index in [-0.39, 0.29) is 5.91 Å². The monoisotopic (exact) mass is 369 g/mol. The van der Waals surface area contributed by atoms with Gasteiger partial charge in [-0.2, -0.15) is 0 Å². The van der Waals surface area contributed by atoms with Crippen molar-refractivity contribution in [2.75, 3.05) is 0 Å². The van der Waals surface area contributed by atoms with Crippen molar-refractivity contribution >= 4 is 39.2 Å². The third kappa shape index (κ3) is 4.68. The number of benzene rings is 1. The summed E-state index contributed by atoms with van der Waals surface area (Å²) in [7, 11) is 0. The summed E-state index contributed by atoms with van der Waals surface area (Å²) in [6, 6.07) is 7.65. The molecule has 2 rings (SSSR count). The van der Waals surface area contributed by atoms with Crippen LogP contribution in [0, 0.1) is 5.92 Å². The minimum Gasteiger partial charge on any atom is -0.358 e. The predicted octanol–water partition coefficient (Wildman–Crippen LogP) is 3.14. The average Bonchev–Trinajstić information content (AvgIpc) is 2.48. The van der Waals surface area contributed by atoms with Crippen molar-refractivity contribution in [3.8, 4) is 0 Å². The number of nitrogens with one attached hydrogen (secondary N) is 3. The Hall–Kier alpha value is -1.14. The van der Waals surface area contributed by atoms with Gasteiger partial charge >= 0.3 is 0 Å². The van der Waals surface area contributed by atoms with Gasteiger partial charge in [-0.1, -0.05) is 31.9 Å². The maximum absolute atomic E-state index is 12.0. The molecule has 0 bridgehead atoms. The molecule has 4 nitrogen and oxygen atoms in total. The van der Waals surface area contributed by atoms with Crippen LogP contribution in [0.2, 0.25) is 0 Å². The molecule has 21 heavy (non-hydrogen) atoms. The summed E-state index contributed by atoms with van der Waals surface area (Å²) in [5.74, 6) is 0.390. The maximum Gasteiger partial charge on any atom is 0.270 e. The highest BCUT2D eigenvalue weighted by molar-refractivity contribution is 9.10. The minimum absolute atomic E-state index is 0.219. The standard InChI is InChI=1S/C15H20BrN3OS/c1-10-6-2-5-9-13(10)17-15(21)19-18-14(20)11-7-3-4-8-12(11)16/h3-4,7-8,10,13H,2,5-6,9H2,1H3,(H,18,20)(H2,17,19,21)/t10-,13-/m0/s1. The molecule has 0 heterocycles. The molecule has 3 N–H and O–H groups in total. The Kier molecular flexibility index (Phi) is 5.99. The van der Waals surface area contributed by atoms with E-state index in [1.165, 1.54) is 19.3 Å². The zero-order chi connectivity index (χ0) is 15.2. The third-order valence-corrected chi connectivity index (χ3v) is 4.75. The van der Waals surface area contributed by atoms with Crippen molar-refractivity contribution < 1.29 is 4.79 Å². The SMILES string of the molecule is C[C@H]1CCCC[C@@H]1NC(=S)NNC(=O)c1ccccc1Br. The summed E-state index contributed by atoms with van der Waals surface area (Å²) in [6.07, 6.45) is 4.87. The molecule has 1 aliphatic carbocycles. The van der Waals surface area contributed by atoms with Gasteiger partial charge < -0.3 is 5.32 Å². The molecular formula is C15H20BrN3OS. The summed E-state index contributed by atoms with van der Waals surface area (Å²) in [6.45, 7) is 2.24.